The first-order valence-electron chi connectivity index (χ1n) is 5.54. The van der Waals surface area contributed by atoms with Crippen LogP contribution in [0.4, 0.5) is 0 Å². The molecule has 4 heteroatoms. The Labute approximate surface area is 103 Å². The summed E-state index contributed by atoms with van der Waals surface area (Å²) >= 11 is 1.71. The minimum absolute atomic E-state index is 0.483. The molecule has 0 aliphatic carbocycles. The molecule has 1 aromatic carbocycles. The zero-order chi connectivity index (χ0) is 11.7. The third-order valence-corrected chi connectivity index (χ3v) is 3.57. The van der Waals surface area contributed by atoms with Gasteiger partial charge in [0.25, 0.3) is 0 Å². The number of aromatic nitrogens is 2. The standard InChI is InChI=1S/C13H13N3S/c14-7-12-11-3-1-2-4-13(11)16(15-12)8-10-5-6-17-9-10/h1-6,9H,7-8,14H2. The van der Waals surface area contributed by atoms with E-state index in [2.05, 4.69) is 34.1 Å². The molecule has 0 unspecified atom stereocenters. The first-order chi connectivity index (χ1) is 8.38. The maximum Gasteiger partial charge on any atom is 0.0839 e. The molecule has 0 atom stereocenters. The van der Waals surface area contributed by atoms with Gasteiger partial charge in [-0.05, 0) is 28.5 Å². The molecule has 0 saturated carbocycles. The largest absolute Gasteiger partial charge is 0.325 e. The van der Waals surface area contributed by atoms with E-state index in [0.717, 1.165) is 23.1 Å². The van der Waals surface area contributed by atoms with Gasteiger partial charge in [-0.1, -0.05) is 18.2 Å². The van der Waals surface area contributed by atoms with Crippen LogP contribution in [0, 0.1) is 0 Å². The van der Waals surface area contributed by atoms with Crippen LogP contribution in [-0.2, 0) is 13.1 Å². The van der Waals surface area contributed by atoms with Crippen LogP contribution in [0.5, 0.6) is 0 Å². The zero-order valence-corrected chi connectivity index (χ0v) is 10.2. The van der Waals surface area contributed by atoms with Crippen LogP contribution >= 0.6 is 11.3 Å². The first-order valence-corrected chi connectivity index (χ1v) is 6.48. The Morgan fingerprint density at radius 1 is 1.24 bits per heavy atom. The van der Waals surface area contributed by atoms with Crippen molar-refractivity contribution in [3.8, 4) is 0 Å². The number of fused-ring (bicyclic) bond motifs is 1. The number of rotatable bonds is 3. The number of benzene rings is 1. The minimum Gasteiger partial charge on any atom is -0.325 e. The number of nitrogens with zero attached hydrogens (tertiary/aromatic N) is 2. The lowest BCUT2D eigenvalue weighted by Crippen LogP contribution is -2.03. The van der Waals surface area contributed by atoms with Crippen molar-refractivity contribution in [3.05, 3.63) is 52.3 Å². The molecule has 2 N–H and O–H groups in total. The Morgan fingerprint density at radius 3 is 2.88 bits per heavy atom. The molecular weight excluding hydrogens is 230 g/mol. The van der Waals surface area contributed by atoms with Crippen LogP contribution in [0.25, 0.3) is 10.9 Å². The van der Waals surface area contributed by atoms with Crippen LogP contribution < -0.4 is 5.73 Å². The van der Waals surface area contributed by atoms with Gasteiger partial charge in [-0.25, -0.2) is 0 Å². The highest BCUT2D eigenvalue weighted by Gasteiger charge is 2.08. The van der Waals surface area contributed by atoms with Gasteiger partial charge in [0.15, 0.2) is 0 Å². The number of nitrogens with two attached hydrogens (primary N) is 1. The second-order valence-corrected chi connectivity index (χ2v) is 4.74. The van der Waals surface area contributed by atoms with Gasteiger partial charge in [0.1, 0.15) is 0 Å². The molecule has 3 rings (SSSR count). The quantitative estimate of drug-likeness (QED) is 0.768. The SMILES string of the molecule is NCc1nn(Cc2ccsc2)c2ccccc12. The summed E-state index contributed by atoms with van der Waals surface area (Å²) in [6.45, 7) is 1.29. The number of hydrogen-bond donors (Lipinski definition) is 1. The Hall–Kier alpha value is -1.65. The summed E-state index contributed by atoms with van der Waals surface area (Å²) in [5, 5.41) is 9.98. The molecule has 0 amide bonds. The van der Waals surface area contributed by atoms with E-state index in [1.54, 1.807) is 11.3 Å². The molecule has 0 bridgehead atoms. The van der Waals surface area contributed by atoms with Crippen LogP contribution in [0.15, 0.2) is 41.1 Å². The molecule has 0 fully saturated rings. The lowest BCUT2D eigenvalue weighted by atomic mass is 10.2. The molecule has 0 aliphatic heterocycles. The highest BCUT2D eigenvalue weighted by molar-refractivity contribution is 7.07. The van der Waals surface area contributed by atoms with Crippen molar-refractivity contribution < 1.29 is 0 Å². The molecule has 86 valence electrons. The topological polar surface area (TPSA) is 43.8 Å². The minimum atomic E-state index is 0.483. The van der Waals surface area contributed by atoms with Crippen molar-refractivity contribution in [2.24, 2.45) is 5.73 Å². The van der Waals surface area contributed by atoms with Crippen molar-refractivity contribution in [2.45, 2.75) is 13.1 Å². The lowest BCUT2D eigenvalue weighted by molar-refractivity contribution is 0.695. The van der Waals surface area contributed by atoms with Gasteiger partial charge in [0.05, 0.1) is 17.8 Å². The summed E-state index contributed by atoms with van der Waals surface area (Å²) in [6.07, 6.45) is 0. The third kappa shape index (κ3) is 1.85. The summed E-state index contributed by atoms with van der Waals surface area (Å²) in [6, 6.07) is 10.4. The van der Waals surface area contributed by atoms with Gasteiger partial charge in [0, 0.05) is 11.9 Å². The lowest BCUT2D eigenvalue weighted by Gasteiger charge is -2.00. The van der Waals surface area contributed by atoms with Gasteiger partial charge in [-0.15, -0.1) is 0 Å². The average Bonchev–Trinajstić information content (AvgIpc) is 2.98. The summed E-state index contributed by atoms with van der Waals surface area (Å²) in [4.78, 5) is 0. The van der Waals surface area contributed by atoms with Gasteiger partial charge in [0.2, 0.25) is 0 Å². The highest BCUT2D eigenvalue weighted by atomic mass is 32.1. The zero-order valence-electron chi connectivity index (χ0n) is 9.34. The molecule has 0 saturated heterocycles. The summed E-state index contributed by atoms with van der Waals surface area (Å²) < 4.78 is 2.03. The van der Waals surface area contributed by atoms with E-state index in [9.17, 15) is 0 Å². The Bertz CT molecular complexity index is 625. The Balaban J connectivity index is 2.10. The number of hydrogen-bond acceptors (Lipinski definition) is 3. The maximum absolute atomic E-state index is 5.73. The predicted molar refractivity (Wildman–Crippen MR) is 71.0 cm³/mol. The van der Waals surface area contributed by atoms with E-state index in [-0.39, 0.29) is 0 Å². The van der Waals surface area contributed by atoms with Crippen molar-refractivity contribution >= 4 is 22.2 Å². The molecule has 0 radical (unpaired) electrons. The third-order valence-electron chi connectivity index (χ3n) is 2.84. The summed E-state index contributed by atoms with van der Waals surface area (Å²) in [7, 11) is 0. The van der Waals surface area contributed by atoms with E-state index < -0.39 is 0 Å². The monoisotopic (exact) mass is 243 g/mol. The van der Waals surface area contributed by atoms with E-state index in [0.29, 0.717) is 6.54 Å². The summed E-state index contributed by atoms with van der Waals surface area (Å²) in [5.41, 5.74) is 9.13. The molecular formula is C13H13N3S. The molecule has 2 aromatic heterocycles. The smallest absolute Gasteiger partial charge is 0.0839 e. The van der Waals surface area contributed by atoms with Crippen LogP contribution in [-0.4, -0.2) is 9.78 Å². The fraction of sp³-hybridized carbons (Fsp3) is 0.154. The Morgan fingerprint density at radius 2 is 2.12 bits per heavy atom. The van der Waals surface area contributed by atoms with E-state index in [4.69, 9.17) is 5.73 Å². The van der Waals surface area contributed by atoms with E-state index in [1.807, 2.05) is 16.8 Å². The van der Waals surface area contributed by atoms with Gasteiger partial charge in [-0.2, -0.15) is 16.4 Å². The van der Waals surface area contributed by atoms with Gasteiger partial charge < -0.3 is 5.73 Å². The second-order valence-electron chi connectivity index (χ2n) is 3.96. The van der Waals surface area contributed by atoms with Crippen LogP contribution in [0.2, 0.25) is 0 Å². The van der Waals surface area contributed by atoms with Crippen molar-refractivity contribution in [1.82, 2.24) is 9.78 Å². The molecule has 2 heterocycles. The van der Waals surface area contributed by atoms with Crippen molar-refractivity contribution in [3.63, 3.8) is 0 Å². The van der Waals surface area contributed by atoms with Crippen molar-refractivity contribution in [2.75, 3.05) is 0 Å². The Kier molecular flexibility index (Phi) is 2.66. The van der Waals surface area contributed by atoms with Gasteiger partial charge in [-0.3, -0.25) is 4.68 Å². The first kappa shape index (κ1) is 10.5. The second kappa shape index (κ2) is 4.31. The predicted octanol–water partition coefficient (Wildman–Crippen LogP) is 2.60. The highest BCUT2D eigenvalue weighted by Crippen LogP contribution is 2.19. The van der Waals surface area contributed by atoms with Crippen LogP contribution in [0.1, 0.15) is 11.3 Å². The molecule has 0 spiro atoms. The fourth-order valence-electron chi connectivity index (χ4n) is 2.02. The average molecular weight is 243 g/mol. The normalized spacial score (nSPS) is 11.1. The molecule has 3 nitrogen and oxygen atoms in total. The molecule has 3 aromatic rings. The molecule has 0 aliphatic rings. The van der Waals surface area contributed by atoms with Crippen LogP contribution in [0.3, 0.4) is 0 Å². The summed E-state index contributed by atoms with van der Waals surface area (Å²) in [5.74, 6) is 0. The number of thiophene rings is 1. The van der Waals surface area contributed by atoms with E-state index in [1.165, 1.54) is 5.56 Å². The fourth-order valence-corrected chi connectivity index (χ4v) is 2.68. The van der Waals surface area contributed by atoms with Gasteiger partial charge >= 0.3 is 0 Å². The molecule has 17 heavy (non-hydrogen) atoms. The maximum atomic E-state index is 5.73. The van der Waals surface area contributed by atoms with Crippen molar-refractivity contribution in [1.29, 1.82) is 0 Å². The van der Waals surface area contributed by atoms with E-state index >= 15 is 0 Å². The number of para-hydroxylation sites is 1.